The smallest absolute Gasteiger partial charge is 0.311 e. The fraction of sp³-hybridized carbons (Fsp3) is 0.250. The molecule has 23 heavy (non-hydrogen) atoms. The van der Waals surface area contributed by atoms with Gasteiger partial charge in [-0.25, -0.2) is 4.39 Å². The van der Waals surface area contributed by atoms with Crippen molar-refractivity contribution in [3.63, 3.8) is 0 Å². The number of halogens is 2. The zero-order valence-electron chi connectivity index (χ0n) is 12.6. The van der Waals surface area contributed by atoms with E-state index >= 15 is 0 Å². The van der Waals surface area contributed by atoms with Gasteiger partial charge in [0.05, 0.1) is 11.8 Å². The maximum absolute atomic E-state index is 13.8. The fourth-order valence-corrected chi connectivity index (χ4v) is 2.46. The molecule has 0 radical (unpaired) electrons. The molecule has 0 spiro atoms. The van der Waals surface area contributed by atoms with Gasteiger partial charge in [-0.1, -0.05) is 17.7 Å². The summed E-state index contributed by atoms with van der Waals surface area (Å²) in [6, 6.07) is 4.28. The molecule has 0 saturated carbocycles. The predicted molar refractivity (Wildman–Crippen MR) is 82.0 cm³/mol. The van der Waals surface area contributed by atoms with Gasteiger partial charge in [0.1, 0.15) is 18.0 Å². The van der Waals surface area contributed by atoms with E-state index in [0.717, 1.165) is 0 Å². The molecule has 0 aliphatic carbocycles. The van der Waals surface area contributed by atoms with Crippen LogP contribution in [0.4, 0.5) is 4.39 Å². The number of aryl methyl sites for hydroxylation is 1. The summed E-state index contributed by atoms with van der Waals surface area (Å²) in [5.74, 6) is -1.99. The molecule has 1 N–H and O–H groups in total. The summed E-state index contributed by atoms with van der Waals surface area (Å²) in [6.07, 6.45) is 0.929. The molecule has 0 unspecified atom stereocenters. The quantitative estimate of drug-likeness (QED) is 0.907. The molecule has 0 fully saturated rings. The van der Waals surface area contributed by atoms with E-state index in [-0.39, 0.29) is 28.5 Å². The largest absolute Gasteiger partial charge is 0.481 e. The minimum Gasteiger partial charge on any atom is -0.481 e. The molecule has 0 aliphatic rings. The van der Waals surface area contributed by atoms with Crippen molar-refractivity contribution in [2.75, 3.05) is 7.05 Å². The van der Waals surface area contributed by atoms with E-state index in [2.05, 4.69) is 0 Å². The van der Waals surface area contributed by atoms with Crippen LogP contribution < -0.4 is 0 Å². The highest BCUT2D eigenvalue weighted by molar-refractivity contribution is 6.31. The Morgan fingerprint density at radius 3 is 2.70 bits per heavy atom. The standard InChI is InChI=1S/C16H15ClFNO4/c1-9-8-23-13(6-14(20)21)15(9)16(22)19(2)7-10-11(17)4-3-5-12(10)18/h3-5,8H,6-7H2,1-2H3,(H,20,21). The monoisotopic (exact) mass is 339 g/mol. The number of amides is 1. The Hall–Kier alpha value is -2.34. The van der Waals surface area contributed by atoms with E-state index in [1.165, 1.54) is 36.4 Å². The van der Waals surface area contributed by atoms with Crippen molar-refractivity contribution in [1.29, 1.82) is 0 Å². The van der Waals surface area contributed by atoms with Crippen molar-refractivity contribution >= 4 is 23.5 Å². The summed E-state index contributed by atoms with van der Waals surface area (Å²) in [4.78, 5) is 24.7. The van der Waals surface area contributed by atoms with E-state index in [9.17, 15) is 14.0 Å². The van der Waals surface area contributed by atoms with Crippen LogP contribution in [0.5, 0.6) is 0 Å². The summed E-state index contributed by atoms with van der Waals surface area (Å²) >= 11 is 5.96. The molecule has 1 aromatic heterocycles. The lowest BCUT2D eigenvalue weighted by Gasteiger charge is -2.19. The Kier molecular flexibility index (Phi) is 5.05. The zero-order valence-corrected chi connectivity index (χ0v) is 13.4. The van der Waals surface area contributed by atoms with Crippen molar-refractivity contribution < 1.29 is 23.5 Å². The van der Waals surface area contributed by atoms with Crippen LogP contribution in [0.2, 0.25) is 5.02 Å². The summed E-state index contributed by atoms with van der Waals surface area (Å²) in [5.41, 5.74) is 0.908. The van der Waals surface area contributed by atoms with Crippen molar-refractivity contribution in [2.24, 2.45) is 0 Å². The summed E-state index contributed by atoms with van der Waals surface area (Å²) in [7, 11) is 1.49. The van der Waals surface area contributed by atoms with Gasteiger partial charge in [-0.15, -0.1) is 0 Å². The van der Waals surface area contributed by atoms with Gasteiger partial charge in [-0.3, -0.25) is 9.59 Å². The highest BCUT2D eigenvalue weighted by atomic mass is 35.5. The number of nitrogens with zero attached hydrogens (tertiary/aromatic N) is 1. The molecule has 7 heteroatoms. The normalized spacial score (nSPS) is 10.6. The summed E-state index contributed by atoms with van der Waals surface area (Å²) in [6.45, 7) is 1.60. The number of carbonyl (C=O) groups excluding carboxylic acids is 1. The first-order chi connectivity index (χ1) is 10.8. The minimum absolute atomic E-state index is 0.0402. The Morgan fingerprint density at radius 1 is 1.39 bits per heavy atom. The van der Waals surface area contributed by atoms with Gasteiger partial charge in [0.15, 0.2) is 0 Å². The molecule has 0 aliphatic heterocycles. The first-order valence-corrected chi connectivity index (χ1v) is 7.16. The molecular weight excluding hydrogens is 325 g/mol. The van der Waals surface area contributed by atoms with E-state index in [1.807, 2.05) is 0 Å². The van der Waals surface area contributed by atoms with Crippen LogP contribution in [-0.2, 0) is 17.8 Å². The molecule has 0 saturated heterocycles. The van der Waals surface area contributed by atoms with Crippen molar-refractivity contribution in [2.45, 2.75) is 19.9 Å². The lowest BCUT2D eigenvalue weighted by atomic mass is 10.1. The molecular formula is C16H15ClFNO4. The number of hydrogen-bond donors (Lipinski definition) is 1. The highest BCUT2D eigenvalue weighted by Crippen LogP contribution is 2.23. The Balaban J connectivity index is 2.27. The van der Waals surface area contributed by atoms with Crippen molar-refractivity contribution in [3.05, 3.63) is 57.8 Å². The van der Waals surface area contributed by atoms with Crippen molar-refractivity contribution in [3.8, 4) is 0 Å². The zero-order chi connectivity index (χ0) is 17.1. The second kappa shape index (κ2) is 6.83. The Labute approximate surface area is 137 Å². The average Bonchev–Trinajstić information content (AvgIpc) is 2.82. The Bertz CT molecular complexity index is 736. The van der Waals surface area contributed by atoms with E-state index in [4.69, 9.17) is 21.1 Å². The molecule has 0 atom stereocenters. The maximum Gasteiger partial charge on any atom is 0.311 e. The summed E-state index contributed by atoms with van der Waals surface area (Å²) in [5, 5.41) is 9.10. The van der Waals surface area contributed by atoms with Gasteiger partial charge >= 0.3 is 5.97 Å². The van der Waals surface area contributed by atoms with Gasteiger partial charge in [0.25, 0.3) is 5.91 Å². The van der Waals surface area contributed by atoms with Gasteiger partial charge < -0.3 is 14.4 Å². The SMILES string of the molecule is Cc1coc(CC(=O)O)c1C(=O)N(C)Cc1c(F)cccc1Cl. The molecule has 122 valence electrons. The average molecular weight is 340 g/mol. The molecule has 5 nitrogen and oxygen atoms in total. The third-order valence-electron chi connectivity index (χ3n) is 3.38. The Morgan fingerprint density at radius 2 is 2.09 bits per heavy atom. The van der Waals surface area contributed by atoms with Crippen molar-refractivity contribution in [1.82, 2.24) is 4.90 Å². The number of rotatable bonds is 5. The van der Waals surface area contributed by atoms with Gasteiger partial charge in [0.2, 0.25) is 0 Å². The second-order valence-corrected chi connectivity index (χ2v) is 5.56. The van der Waals surface area contributed by atoms with E-state index in [1.54, 1.807) is 6.92 Å². The second-order valence-electron chi connectivity index (χ2n) is 5.15. The van der Waals surface area contributed by atoms with Crippen LogP contribution in [0.25, 0.3) is 0 Å². The third-order valence-corrected chi connectivity index (χ3v) is 3.73. The first-order valence-electron chi connectivity index (χ1n) is 6.78. The lowest BCUT2D eigenvalue weighted by molar-refractivity contribution is -0.136. The van der Waals surface area contributed by atoms with Gasteiger partial charge in [0, 0.05) is 29.7 Å². The summed E-state index contributed by atoms with van der Waals surface area (Å²) < 4.78 is 19.0. The van der Waals surface area contributed by atoms with Gasteiger partial charge in [-0.05, 0) is 19.1 Å². The topological polar surface area (TPSA) is 70.7 Å². The minimum atomic E-state index is -1.10. The number of furan rings is 1. The number of aliphatic carboxylic acids is 1. The first kappa shape index (κ1) is 17.0. The lowest BCUT2D eigenvalue weighted by Crippen LogP contribution is -2.28. The van der Waals surface area contributed by atoms with Crippen LogP contribution in [0.1, 0.15) is 27.2 Å². The fourth-order valence-electron chi connectivity index (χ4n) is 2.24. The number of hydrogen-bond acceptors (Lipinski definition) is 3. The highest BCUT2D eigenvalue weighted by Gasteiger charge is 2.24. The molecule has 1 aromatic carbocycles. The van der Waals surface area contributed by atoms with E-state index in [0.29, 0.717) is 5.56 Å². The number of benzene rings is 1. The molecule has 2 aromatic rings. The molecule has 1 amide bonds. The van der Waals surface area contributed by atoms with Crippen LogP contribution >= 0.6 is 11.6 Å². The predicted octanol–water partition coefficient (Wildman–Crippen LogP) is 3.28. The van der Waals surface area contributed by atoms with Crippen LogP contribution in [0.15, 0.2) is 28.9 Å². The third kappa shape index (κ3) is 3.71. The number of carbonyl (C=O) groups is 2. The molecule has 2 rings (SSSR count). The van der Waals surface area contributed by atoms with E-state index < -0.39 is 24.1 Å². The van der Waals surface area contributed by atoms with Crippen LogP contribution in [-0.4, -0.2) is 28.9 Å². The van der Waals surface area contributed by atoms with Gasteiger partial charge in [-0.2, -0.15) is 0 Å². The number of carboxylic acid groups (broad SMARTS) is 1. The van der Waals surface area contributed by atoms with Crippen LogP contribution in [0.3, 0.4) is 0 Å². The van der Waals surface area contributed by atoms with Crippen LogP contribution in [0, 0.1) is 12.7 Å². The number of carboxylic acids is 1. The maximum atomic E-state index is 13.8. The molecule has 1 heterocycles. The molecule has 0 bridgehead atoms.